The smallest absolute Gasteiger partial charge is 0.422 e. The Labute approximate surface area is 89.6 Å². The number of hydrogen-bond acceptors (Lipinski definition) is 3. The summed E-state index contributed by atoms with van der Waals surface area (Å²) >= 11 is 0. The summed E-state index contributed by atoms with van der Waals surface area (Å²) in [6.45, 7) is 1.23. The molecule has 0 aromatic carbocycles. The average molecular weight is 236 g/mol. The summed E-state index contributed by atoms with van der Waals surface area (Å²) in [6, 6.07) is 2.41. The van der Waals surface area contributed by atoms with Gasteiger partial charge in [-0.3, -0.25) is 0 Å². The summed E-state index contributed by atoms with van der Waals surface area (Å²) in [5.74, 6) is -1.52. The lowest BCUT2D eigenvalue weighted by atomic mass is 9.96. The molecule has 0 radical (unpaired) electrons. The number of aromatic amines is 1. The van der Waals surface area contributed by atoms with Gasteiger partial charge in [0.15, 0.2) is 0 Å². The van der Waals surface area contributed by atoms with Crippen LogP contribution in [0.1, 0.15) is 12.6 Å². The molecule has 0 aliphatic carbocycles. The zero-order valence-electron chi connectivity index (χ0n) is 8.47. The first-order chi connectivity index (χ1) is 7.34. The van der Waals surface area contributed by atoms with Crippen molar-refractivity contribution in [2.75, 3.05) is 6.61 Å². The fourth-order valence-corrected chi connectivity index (χ4v) is 1.20. The number of carbonyl (C=O) groups is 1. The molecule has 4 nitrogen and oxygen atoms in total. The molecule has 0 aliphatic rings. The molecule has 1 atom stereocenters. The van der Waals surface area contributed by atoms with Gasteiger partial charge < -0.3 is 15.5 Å². The van der Waals surface area contributed by atoms with Crippen molar-refractivity contribution in [3.05, 3.63) is 24.0 Å². The summed E-state index contributed by atoms with van der Waals surface area (Å²) in [5.41, 5.74) is 1.55. The molecule has 1 heterocycles. The van der Waals surface area contributed by atoms with Crippen molar-refractivity contribution in [1.82, 2.24) is 4.98 Å². The van der Waals surface area contributed by atoms with Crippen LogP contribution in [0.25, 0.3) is 0 Å². The number of esters is 1. The van der Waals surface area contributed by atoms with Gasteiger partial charge in [0, 0.05) is 6.20 Å². The minimum Gasteiger partial charge on any atom is -0.464 e. The molecule has 90 valence electrons. The number of alkyl halides is 3. The molecule has 0 saturated carbocycles. The van der Waals surface area contributed by atoms with E-state index in [2.05, 4.69) is 9.72 Å². The summed E-state index contributed by atoms with van der Waals surface area (Å²) in [4.78, 5) is 13.6. The van der Waals surface area contributed by atoms with E-state index in [0.717, 1.165) is 6.07 Å². The number of halogens is 3. The highest BCUT2D eigenvalue weighted by Crippen LogP contribution is 2.37. The molecule has 0 unspecified atom stereocenters. The third-order valence-corrected chi connectivity index (χ3v) is 2.07. The molecule has 0 bridgehead atoms. The van der Waals surface area contributed by atoms with Gasteiger partial charge in [0.1, 0.15) is 0 Å². The second-order valence-electron chi connectivity index (χ2n) is 3.11. The Morgan fingerprint density at radius 1 is 1.56 bits per heavy atom. The van der Waals surface area contributed by atoms with Crippen LogP contribution in [0, 0.1) is 0 Å². The molecule has 16 heavy (non-hydrogen) atoms. The maximum absolute atomic E-state index is 12.8. The molecule has 0 amide bonds. The molecule has 3 N–H and O–H groups in total. The van der Waals surface area contributed by atoms with Crippen molar-refractivity contribution in [3.63, 3.8) is 0 Å². The number of carbonyl (C=O) groups excluding carboxylic acids is 1. The highest BCUT2D eigenvalue weighted by molar-refractivity contribution is 5.83. The topological polar surface area (TPSA) is 68.1 Å². The van der Waals surface area contributed by atoms with Gasteiger partial charge in [-0.25, -0.2) is 4.79 Å². The van der Waals surface area contributed by atoms with Crippen molar-refractivity contribution in [2.45, 2.75) is 18.6 Å². The number of hydrogen-bond donors (Lipinski definition) is 2. The van der Waals surface area contributed by atoms with Crippen molar-refractivity contribution < 1.29 is 22.7 Å². The zero-order chi connectivity index (χ0) is 12.4. The van der Waals surface area contributed by atoms with Gasteiger partial charge in [-0.2, -0.15) is 13.2 Å². The van der Waals surface area contributed by atoms with E-state index in [4.69, 9.17) is 5.73 Å². The number of rotatable bonds is 3. The van der Waals surface area contributed by atoms with E-state index < -0.39 is 23.4 Å². The third-order valence-electron chi connectivity index (χ3n) is 2.07. The molecular weight excluding hydrogens is 225 g/mol. The summed E-state index contributed by atoms with van der Waals surface area (Å²) < 4.78 is 42.7. The Hall–Kier alpha value is -1.50. The molecule has 1 aromatic rings. The highest BCUT2D eigenvalue weighted by atomic mass is 19.4. The van der Waals surface area contributed by atoms with Gasteiger partial charge in [-0.05, 0) is 19.1 Å². The maximum Gasteiger partial charge on any atom is 0.422 e. The van der Waals surface area contributed by atoms with Crippen LogP contribution in [-0.4, -0.2) is 23.7 Å². The standard InChI is InChI=1S/C9H11F3N2O2/c1-2-16-7(15)8(13,9(10,11)12)6-4-3-5-14-6/h3-5,14H,2,13H2,1H3/t8-/m1/s1. The first-order valence-corrected chi connectivity index (χ1v) is 4.50. The van der Waals surface area contributed by atoms with Crippen LogP contribution in [0.3, 0.4) is 0 Å². The zero-order valence-corrected chi connectivity index (χ0v) is 8.47. The molecular formula is C9H11F3N2O2. The van der Waals surface area contributed by atoms with Crippen LogP contribution in [0.2, 0.25) is 0 Å². The number of aromatic nitrogens is 1. The second kappa shape index (κ2) is 4.17. The number of ether oxygens (including phenoxy) is 1. The van der Waals surface area contributed by atoms with E-state index in [-0.39, 0.29) is 6.61 Å². The van der Waals surface area contributed by atoms with Crippen molar-refractivity contribution in [3.8, 4) is 0 Å². The Bertz CT molecular complexity index is 361. The normalized spacial score (nSPS) is 15.6. The predicted octanol–water partition coefficient (Wildman–Crippen LogP) is 1.29. The van der Waals surface area contributed by atoms with Gasteiger partial charge in [-0.1, -0.05) is 0 Å². The maximum atomic E-state index is 12.8. The molecule has 0 fully saturated rings. The molecule has 0 spiro atoms. The molecule has 0 aliphatic heterocycles. The van der Waals surface area contributed by atoms with Crippen LogP contribution in [0.15, 0.2) is 18.3 Å². The van der Waals surface area contributed by atoms with Crippen molar-refractivity contribution in [2.24, 2.45) is 5.73 Å². The fraction of sp³-hybridized carbons (Fsp3) is 0.444. The minimum atomic E-state index is -4.93. The number of H-pyrrole nitrogens is 1. The van der Waals surface area contributed by atoms with E-state index in [1.807, 2.05) is 0 Å². The fourth-order valence-electron chi connectivity index (χ4n) is 1.20. The second-order valence-corrected chi connectivity index (χ2v) is 3.11. The first-order valence-electron chi connectivity index (χ1n) is 4.50. The van der Waals surface area contributed by atoms with Gasteiger partial charge >= 0.3 is 12.1 Å². The Balaban J connectivity index is 3.19. The highest BCUT2D eigenvalue weighted by Gasteiger charge is 2.61. The first kappa shape index (κ1) is 12.6. The largest absolute Gasteiger partial charge is 0.464 e. The number of nitrogens with two attached hydrogens (primary N) is 1. The Kier molecular flexibility index (Phi) is 3.27. The SMILES string of the molecule is CCOC(=O)[C@](N)(c1ccc[nH]1)C(F)(F)F. The van der Waals surface area contributed by atoms with Crippen molar-refractivity contribution in [1.29, 1.82) is 0 Å². The lowest BCUT2D eigenvalue weighted by molar-refractivity contribution is -0.209. The molecule has 1 rings (SSSR count). The van der Waals surface area contributed by atoms with Crippen LogP contribution in [0.5, 0.6) is 0 Å². The van der Waals surface area contributed by atoms with E-state index in [9.17, 15) is 18.0 Å². The van der Waals surface area contributed by atoms with Gasteiger partial charge in [-0.15, -0.1) is 0 Å². The molecule has 7 heteroatoms. The lowest BCUT2D eigenvalue weighted by Gasteiger charge is -2.28. The quantitative estimate of drug-likeness (QED) is 0.777. The molecule has 0 saturated heterocycles. The summed E-state index contributed by atoms with van der Waals surface area (Å²) in [5, 5.41) is 0. The summed E-state index contributed by atoms with van der Waals surface area (Å²) in [6.07, 6.45) is -3.67. The van der Waals surface area contributed by atoms with Crippen molar-refractivity contribution >= 4 is 5.97 Å². The Morgan fingerprint density at radius 3 is 2.56 bits per heavy atom. The van der Waals surface area contributed by atoms with Crippen LogP contribution < -0.4 is 5.73 Å². The molecule has 1 aromatic heterocycles. The third kappa shape index (κ3) is 1.90. The van der Waals surface area contributed by atoms with Crippen LogP contribution in [-0.2, 0) is 15.1 Å². The Morgan fingerprint density at radius 2 is 2.19 bits per heavy atom. The average Bonchev–Trinajstić information content (AvgIpc) is 2.67. The van der Waals surface area contributed by atoms with Gasteiger partial charge in [0.2, 0.25) is 0 Å². The van der Waals surface area contributed by atoms with Gasteiger partial charge in [0.05, 0.1) is 12.3 Å². The predicted molar refractivity (Wildman–Crippen MR) is 49.3 cm³/mol. The van der Waals surface area contributed by atoms with E-state index in [0.29, 0.717) is 0 Å². The van der Waals surface area contributed by atoms with Crippen LogP contribution in [0.4, 0.5) is 13.2 Å². The summed E-state index contributed by atoms with van der Waals surface area (Å²) in [7, 11) is 0. The number of nitrogens with one attached hydrogen (secondary N) is 1. The lowest BCUT2D eigenvalue weighted by Crippen LogP contribution is -2.57. The van der Waals surface area contributed by atoms with Crippen LogP contribution >= 0.6 is 0 Å². The van der Waals surface area contributed by atoms with Gasteiger partial charge in [0.25, 0.3) is 5.54 Å². The van der Waals surface area contributed by atoms with E-state index >= 15 is 0 Å². The monoisotopic (exact) mass is 236 g/mol. The minimum absolute atomic E-state index is 0.172. The van der Waals surface area contributed by atoms with E-state index in [1.165, 1.54) is 19.2 Å². The van der Waals surface area contributed by atoms with E-state index in [1.54, 1.807) is 0 Å².